The second kappa shape index (κ2) is 4.12. The minimum Gasteiger partial charge on any atom is -0.383 e. The van der Waals surface area contributed by atoms with Crippen LogP contribution in [0.2, 0.25) is 0 Å². The molecule has 1 aromatic carbocycles. The van der Waals surface area contributed by atoms with Gasteiger partial charge in [0, 0.05) is 11.1 Å². The maximum Gasteiger partial charge on any atom is 0.132 e. The summed E-state index contributed by atoms with van der Waals surface area (Å²) in [5.41, 5.74) is 9.67. The Bertz CT molecular complexity index is 601. The molecule has 1 aliphatic carbocycles. The molecule has 1 aromatic heterocycles. The van der Waals surface area contributed by atoms with Crippen molar-refractivity contribution in [1.29, 1.82) is 0 Å². The quantitative estimate of drug-likeness (QED) is 0.887. The number of aromatic nitrogens is 2. The lowest BCUT2D eigenvalue weighted by molar-refractivity contribution is 0.402. The van der Waals surface area contributed by atoms with Crippen molar-refractivity contribution in [3.8, 4) is 11.3 Å². The predicted octanol–water partition coefficient (Wildman–Crippen LogP) is 3.76. The van der Waals surface area contributed by atoms with E-state index in [0.717, 1.165) is 23.0 Å². The van der Waals surface area contributed by atoms with E-state index in [0.29, 0.717) is 0 Å². The number of rotatable bonds is 2. The Morgan fingerprint density at radius 2 is 2.00 bits per heavy atom. The summed E-state index contributed by atoms with van der Waals surface area (Å²) in [6, 6.07) is 8.65. The summed E-state index contributed by atoms with van der Waals surface area (Å²) in [7, 11) is 0. The molecule has 0 atom stereocenters. The Morgan fingerprint density at radius 3 is 2.58 bits per heavy atom. The lowest BCUT2D eigenvalue weighted by Gasteiger charge is -2.22. The molecule has 1 fully saturated rings. The normalized spacial score (nSPS) is 15.7. The van der Waals surface area contributed by atoms with Gasteiger partial charge < -0.3 is 10.3 Å². The molecule has 1 aliphatic rings. The van der Waals surface area contributed by atoms with Crippen LogP contribution in [-0.2, 0) is 5.54 Å². The SMILES string of the molecule is CC(C)(C)n1cnc(-c2cccc(C3CC3)c2)c1N. The van der Waals surface area contributed by atoms with Gasteiger partial charge >= 0.3 is 0 Å². The van der Waals surface area contributed by atoms with Crippen molar-refractivity contribution >= 4 is 5.82 Å². The zero-order valence-electron chi connectivity index (χ0n) is 11.9. The van der Waals surface area contributed by atoms with Crippen molar-refractivity contribution in [2.75, 3.05) is 5.73 Å². The number of anilines is 1. The van der Waals surface area contributed by atoms with Gasteiger partial charge in [-0.3, -0.25) is 0 Å². The number of nitrogen functional groups attached to an aromatic ring is 1. The highest BCUT2D eigenvalue weighted by Gasteiger charge is 2.24. The minimum atomic E-state index is -0.0383. The molecule has 0 radical (unpaired) electrons. The van der Waals surface area contributed by atoms with Crippen LogP contribution < -0.4 is 5.73 Å². The van der Waals surface area contributed by atoms with Gasteiger partial charge in [0.05, 0.1) is 6.33 Å². The maximum absolute atomic E-state index is 6.26. The summed E-state index contributed by atoms with van der Waals surface area (Å²) in [5.74, 6) is 1.51. The number of nitrogens with zero attached hydrogens (tertiary/aromatic N) is 2. The molecule has 0 saturated heterocycles. The Labute approximate surface area is 114 Å². The fraction of sp³-hybridized carbons (Fsp3) is 0.438. The van der Waals surface area contributed by atoms with E-state index in [1.807, 2.05) is 10.9 Å². The van der Waals surface area contributed by atoms with Crippen molar-refractivity contribution in [2.45, 2.75) is 45.1 Å². The number of nitrogens with two attached hydrogens (primary N) is 1. The predicted molar refractivity (Wildman–Crippen MR) is 79.0 cm³/mol. The van der Waals surface area contributed by atoms with E-state index in [4.69, 9.17) is 5.73 Å². The van der Waals surface area contributed by atoms with Crippen molar-refractivity contribution in [1.82, 2.24) is 9.55 Å². The van der Waals surface area contributed by atoms with Crippen LogP contribution in [0.1, 0.15) is 45.1 Å². The first-order valence-corrected chi connectivity index (χ1v) is 6.90. The summed E-state index contributed by atoms with van der Waals surface area (Å²) in [6.07, 6.45) is 4.47. The molecule has 3 rings (SSSR count). The molecule has 0 bridgehead atoms. The third-order valence-electron chi connectivity index (χ3n) is 3.74. The monoisotopic (exact) mass is 255 g/mol. The van der Waals surface area contributed by atoms with Crippen molar-refractivity contribution in [3.63, 3.8) is 0 Å². The molecule has 100 valence electrons. The zero-order valence-corrected chi connectivity index (χ0v) is 11.9. The summed E-state index contributed by atoms with van der Waals surface area (Å²) >= 11 is 0. The molecule has 1 saturated carbocycles. The first kappa shape index (κ1) is 12.3. The number of hydrogen-bond donors (Lipinski definition) is 1. The third kappa shape index (κ3) is 2.25. The van der Waals surface area contributed by atoms with Crippen LogP contribution in [0, 0.1) is 0 Å². The van der Waals surface area contributed by atoms with Crippen molar-refractivity contribution in [2.24, 2.45) is 0 Å². The summed E-state index contributed by atoms with van der Waals surface area (Å²) < 4.78 is 2.03. The number of hydrogen-bond acceptors (Lipinski definition) is 2. The van der Waals surface area contributed by atoms with E-state index >= 15 is 0 Å². The third-order valence-corrected chi connectivity index (χ3v) is 3.74. The van der Waals surface area contributed by atoms with Crippen LogP contribution in [0.15, 0.2) is 30.6 Å². The molecule has 2 aromatic rings. The van der Waals surface area contributed by atoms with Gasteiger partial charge in [-0.1, -0.05) is 18.2 Å². The van der Waals surface area contributed by atoms with Crippen LogP contribution >= 0.6 is 0 Å². The van der Waals surface area contributed by atoms with Gasteiger partial charge in [-0.2, -0.15) is 0 Å². The van der Waals surface area contributed by atoms with E-state index in [1.165, 1.54) is 18.4 Å². The lowest BCUT2D eigenvalue weighted by atomic mass is 10.0. The summed E-state index contributed by atoms with van der Waals surface area (Å²) in [5, 5.41) is 0. The number of imidazole rings is 1. The van der Waals surface area contributed by atoms with Gasteiger partial charge in [-0.25, -0.2) is 4.98 Å². The topological polar surface area (TPSA) is 43.8 Å². The fourth-order valence-corrected chi connectivity index (χ4v) is 2.47. The van der Waals surface area contributed by atoms with E-state index < -0.39 is 0 Å². The molecule has 0 spiro atoms. The number of benzene rings is 1. The van der Waals surface area contributed by atoms with Gasteiger partial charge in [0.15, 0.2) is 0 Å². The molecular formula is C16H21N3. The Morgan fingerprint density at radius 1 is 1.26 bits per heavy atom. The average Bonchev–Trinajstić information content (AvgIpc) is 3.11. The van der Waals surface area contributed by atoms with E-state index in [9.17, 15) is 0 Å². The molecule has 0 aliphatic heterocycles. The van der Waals surface area contributed by atoms with Gasteiger partial charge in [0.2, 0.25) is 0 Å². The fourth-order valence-electron chi connectivity index (χ4n) is 2.47. The lowest BCUT2D eigenvalue weighted by Crippen LogP contribution is -2.22. The van der Waals surface area contributed by atoms with Crippen LogP contribution in [-0.4, -0.2) is 9.55 Å². The highest BCUT2D eigenvalue weighted by molar-refractivity contribution is 5.71. The van der Waals surface area contributed by atoms with E-state index in [2.05, 4.69) is 50.0 Å². The van der Waals surface area contributed by atoms with E-state index in [-0.39, 0.29) is 5.54 Å². The Kier molecular flexibility index (Phi) is 2.66. The molecule has 3 nitrogen and oxygen atoms in total. The summed E-state index contributed by atoms with van der Waals surface area (Å²) in [6.45, 7) is 6.40. The molecule has 3 heteroatoms. The standard InChI is InChI=1S/C16H21N3/c1-16(2,3)19-10-18-14(15(19)17)13-6-4-5-12(9-13)11-7-8-11/h4-6,9-11H,7-8,17H2,1-3H3. The van der Waals surface area contributed by atoms with Gasteiger partial charge in [0.25, 0.3) is 0 Å². The first-order valence-electron chi connectivity index (χ1n) is 6.90. The molecule has 2 N–H and O–H groups in total. The molecular weight excluding hydrogens is 234 g/mol. The first-order chi connectivity index (χ1) is 8.97. The largest absolute Gasteiger partial charge is 0.383 e. The maximum atomic E-state index is 6.26. The van der Waals surface area contributed by atoms with Crippen molar-refractivity contribution < 1.29 is 0 Å². The highest BCUT2D eigenvalue weighted by Crippen LogP contribution is 2.41. The Hall–Kier alpha value is -1.77. The van der Waals surface area contributed by atoms with Crippen LogP contribution in [0.4, 0.5) is 5.82 Å². The highest BCUT2D eigenvalue weighted by atomic mass is 15.2. The van der Waals surface area contributed by atoms with Crippen molar-refractivity contribution in [3.05, 3.63) is 36.2 Å². The minimum absolute atomic E-state index is 0.0383. The molecule has 0 amide bonds. The van der Waals surface area contributed by atoms with Crippen LogP contribution in [0.5, 0.6) is 0 Å². The smallest absolute Gasteiger partial charge is 0.132 e. The van der Waals surface area contributed by atoms with Gasteiger partial charge in [-0.05, 0) is 51.2 Å². The summed E-state index contributed by atoms with van der Waals surface area (Å²) in [4.78, 5) is 4.51. The van der Waals surface area contributed by atoms with Gasteiger partial charge in [-0.15, -0.1) is 0 Å². The molecule has 1 heterocycles. The van der Waals surface area contributed by atoms with Gasteiger partial charge in [0.1, 0.15) is 11.5 Å². The van der Waals surface area contributed by atoms with Crippen LogP contribution in [0.3, 0.4) is 0 Å². The molecule has 0 unspecified atom stereocenters. The Balaban J connectivity index is 2.02. The van der Waals surface area contributed by atoms with E-state index in [1.54, 1.807) is 0 Å². The second-order valence-electron chi connectivity index (χ2n) is 6.42. The second-order valence-corrected chi connectivity index (χ2v) is 6.42. The zero-order chi connectivity index (χ0) is 13.6. The van der Waals surface area contributed by atoms with Crippen LogP contribution in [0.25, 0.3) is 11.3 Å². The average molecular weight is 255 g/mol. The molecule has 19 heavy (non-hydrogen) atoms.